The zero-order chi connectivity index (χ0) is 18.0. The van der Waals surface area contributed by atoms with E-state index < -0.39 is 0 Å². The van der Waals surface area contributed by atoms with E-state index in [0.29, 0.717) is 18.5 Å². The van der Waals surface area contributed by atoms with Gasteiger partial charge in [0, 0.05) is 24.4 Å². The van der Waals surface area contributed by atoms with E-state index in [0.717, 1.165) is 42.0 Å². The number of rotatable bonds is 4. The summed E-state index contributed by atoms with van der Waals surface area (Å²) >= 11 is 1.76. The third kappa shape index (κ3) is 4.18. The van der Waals surface area contributed by atoms with Crippen LogP contribution in [-0.4, -0.2) is 38.8 Å². The van der Waals surface area contributed by atoms with Crippen molar-refractivity contribution in [2.75, 3.05) is 7.05 Å². The lowest BCUT2D eigenvalue weighted by Crippen LogP contribution is -2.46. The highest BCUT2D eigenvalue weighted by Gasteiger charge is 2.21. The maximum atomic E-state index is 4.75. The number of hydrogen-bond donors (Lipinski definition) is 2. The summed E-state index contributed by atoms with van der Waals surface area (Å²) in [4.78, 5) is 14.9. The van der Waals surface area contributed by atoms with E-state index in [4.69, 9.17) is 4.98 Å². The summed E-state index contributed by atoms with van der Waals surface area (Å²) < 4.78 is 2.00. The van der Waals surface area contributed by atoms with E-state index in [1.54, 1.807) is 18.4 Å². The first-order chi connectivity index (χ1) is 12.0. The molecule has 0 bridgehead atoms. The molecular formula is C17H27N7S. The first kappa shape index (κ1) is 17.8. The third-order valence-corrected chi connectivity index (χ3v) is 5.35. The van der Waals surface area contributed by atoms with Gasteiger partial charge in [-0.1, -0.05) is 13.8 Å². The van der Waals surface area contributed by atoms with E-state index in [1.807, 2.05) is 11.6 Å². The fraction of sp³-hybridized carbons (Fsp3) is 0.647. The second-order valence-electron chi connectivity index (χ2n) is 6.77. The van der Waals surface area contributed by atoms with Gasteiger partial charge < -0.3 is 10.6 Å². The number of hydrogen-bond acceptors (Lipinski definition) is 5. The third-order valence-electron chi connectivity index (χ3n) is 4.36. The lowest BCUT2D eigenvalue weighted by Gasteiger charge is -2.25. The van der Waals surface area contributed by atoms with Crippen molar-refractivity contribution >= 4 is 17.3 Å². The van der Waals surface area contributed by atoms with Crippen LogP contribution in [0, 0.1) is 13.8 Å². The zero-order valence-corrected chi connectivity index (χ0v) is 16.4. The van der Waals surface area contributed by atoms with Crippen LogP contribution in [0.4, 0.5) is 0 Å². The lowest BCUT2D eigenvalue weighted by molar-refractivity contribution is 0.392. The summed E-state index contributed by atoms with van der Waals surface area (Å²) in [7, 11) is 1.80. The fourth-order valence-electron chi connectivity index (χ4n) is 3.18. The standard InChI is InChI=1S/C17H27N7S/c1-10(2)16-11(3)25-15(22-16)8-19-17(18-5)21-13-6-7-14-20-12(4)23-24(14)9-13/h10,13H,6-9H2,1-5H3,(H2,18,19,21). The summed E-state index contributed by atoms with van der Waals surface area (Å²) in [5.74, 6) is 3.20. The van der Waals surface area contributed by atoms with Gasteiger partial charge >= 0.3 is 0 Å². The second kappa shape index (κ2) is 7.51. The Labute approximate surface area is 153 Å². The van der Waals surface area contributed by atoms with Gasteiger partial charge in [-0.3, -0.25) is 4.99 Å². The molecule has 25 heavy (non-hydrogen) atoms. The first-order valence-corrected chi connectivity index (χ1v) is 9.61. The molecule has 0 spiro atoms. The highest BCUT2D eigenvalue weighted by atomic mass is 32.1. The summed E-state index contributed by atoms with van der Waals surface area (Å²) in [6, 6.07) is 0.309. The number of aliphatic imine (C=N–C) groups is 1. The Bertz CT molecular complexity index is 759. The molecule has 2 aromatic rings. The van der Waals surface area contributed by atoms with E-state index in [-0.39, 0.29) is 0 Å². The van der Waals surface area contributed by atoms with Crippen LogP contribution in [0.2, 0.25) is 0 Å². The molecule has 2 N–H and O–H groups in total. The van der Waals surface area contributed by atoms with Crippen LogP contribution in [0.15, 0.2) is 4.99 Å². The van der Waals surface area contributed by atoms with E-state index in [9.17, 15) is 0 Å². The lowest BCUT2D eigenvalue weighted by atomic mass is 10.1. The van der Waals surface area contributed by atoms with Gasteiger partial charge in [-0.25, -0.2) is 14.6 Å². The number of nitrogens with zero attached hydrogens (tertiary/aromatic N) is 5. The normalized spacial score (nSPS) is 17.7. The van der Waals surface area contributed by atoms with Crippen LogP contribution < -0.4 is 10.6 Å². The fourth-order valence-corrected chi connectivity index (χ4v) is 4.20. The van der Waals surface area contributed by atoms with Crippen molar-refractivity contribution in [3.05, 3.63) is 27.2 Å². The molecule has 0 aromatic carbocycles. The largest absolute Gasteiger partial charge is 0.352 e. The molecule has 0 saturated heterocycles. The van der Waals surface area contributed by atoms with Gasteiger partial charge in [-0.15, -0.1) is 11.3 Å². The molecule has 0 radical (unpaired) electrons. The average molecular weight is 362 g/mol. The second-order valence-corrected chi connectivity index (χ2v) is 8.05. The van der Waals surface area contributed by atoms with E-state index in [2.05, 4.69) is 46.5 Å². The van der Waals surface area contributed by atoms with Crippen molar-refractivity contribution in [3.63, 3.8) is 0 Å². The number of thiazole rings is 1. The topological polar surface area (TPSA) is 80.0 Å². The Morgan fingerprint density at radius 2 is 2.16 bits per heavy atom. The minimum absolute atomic E-state index is 0.309. The minimum Gasteiger partial charge on any atom is -0.352 e. The first-order valence-electron chi connectivity index (χ1n) is 8.80. The van der Waals surface area contributed by atoms with Crippen molar-refractivity contribution in [1.29, 1.82) is 0 Å². The smallest absolute Gasteiger partial charge is 0.191 e. The molecule has 136 valence electrons. The Morgan fingerprint density at radius 1 is 1.36 bits per heavy atom. The number of aromatic nitrogens is 4. The summed E-state index contributed by atoms with van der Waals surface area (Å²) in [6.07, 6.45) is 1.98. The molecule has 8 heteroatoms. The predicted octanol–water partition coefficient (Wildman–Crippen LogP) is 2.15. The van der Waals surface area contributed by atoms with Crippen LogP contribution in [0.1, 0.15) is 53.4 Å². The molecule has 1 unspecified atom stereocenters. The van der Waals surface area contributed by atoms with Gasteiger partial charge in [0.15, 0.2) is 5.96 Å². The van der Waals surface area contributed by atoms with Crippen LogP contribution in [0.5, 0.6) is 0 Å². The molecule has 1 aliphatic rings. The molecule has 3 heterocycles. The van der Waals surface area contributed by atoms with Gasteiger partial charge in [0.05, 0.1) is 18.8 Å². The van der Waals surface area contributed by atoms with E-state index in [1.165, 1.54) is 10.6 Å². The van der Waals surface area contributed by atoms with Gasteiger partial charge in [0.25, 0.3) is 0 Å². The van der Waals surface area contributed by atoms with Gasteiger partial charge in [0.1, 0.15) is 16.7 Å². The van der Waals surface area contributed by atoms with Gasteiger partial charge in [0.2, 0.25) is 0 Å². The molecule has 0 aliphatic carbocycles. The molecule has 0 amide bonds. The Balaban J connectivity index is 1.56. The van der Waals surface area contributed by atoms with Crippen molar-refractivity contribution in [2.24, 2.45) is 4.99 Å². The van der Waals surface area contributed by atoms with Gasteiger partial charge in [-0.2, -0.15) is 5.10 Å². The monoisotopic (exact) mass is 361 g/mol. The van der Waals surface area contributed by atoms with Crippen LogP contribution >= 0.6 is 11.3 Å². The number of aryl methyl sites for hydroxylation is 3. The number of fused-ring (bicyclic) bond motifs is 1. The highest BCUT2D eigenvalue weighted by Crippen LogP contribution is 2.23. The molecule has 2 aromatic heterocycles. The van der Waals surface area contributed by atoms with Crippen molar-refractivity contribution in [1.82, 2.24) is 30.4 Å². The van der Waals surface area contributed by atoms with Crippen molar-refractivity contribution in [3.8, 4) is 0 Å². The maximum Gasteiger partial charge on any atom is 0.191 e. The molecule has 0 saturated carbocycles. The molecule has 1 aliphatic heterocycles. The number of nitrogens with one attached hydrogen (secondary N) is 2. The molecule has 1 atom stereocenters. The summed E-state index contributed by atoms with van der Waals surface area (Å²) in [6.45, 7) is 9.97. The van der Waals surface area contributed by atoms with Crippen molar-refractivity contribution < 1.29 is 0 Å². The molecule has 0 fully saturated rings. The molecule has 3 rings (SSSR count). The van der Waals surface area contributed by atoms with Crippen LogP contribution in [-0.2, 0) is 19.5 Å². The van der Waals surface area contributed by atoms with Gasteiger partial charge in [-0.05, 0) is 26.2 Å². The van der Waals surface area contributed by atoms with Crippen LogP contribution in [0.25, 0.3) is 0 Å². The van der Waals surface area contributed by atoms with Crippen molar-refractivity contribution in [2.45, 2.75) is 65.6 Å². The maximum absolute atomic E-state index is 4.75. The minimum atomic E-state index is 0.309. The predicted molar refractivity (Wildman–Crippen MR) is 101 cm³/mol. The number of guanidine groups is 1. The Hall–Kier alpha value is -1.96. The zero-order valence-electron chi connectivity index (χ0n) is 15.6. The molecular weight excluding hydrogens is 334 g/mol. The Kier molecular flexibility index (Phi) is 5.36. The summed E-state index contributed by atoms with van der Waals surface area (Å²) in [5, 5.41) is 12.4. The quantitative estimate of drug-likeness (QED) is 0.644. The summed E-state index contributed by atoms with van der Waals surface area (Å²) in [5.41, 5.74) is 1.20. The average Bonchev–Trinajstić information content (AvgIpc) is 3.12. The van der Waals surface area contributed by atoms with E-state index >= 15 is 0 Å². The highest BCUT2D eigenvalue weighted by molar-refractivity contribution is 7.11. The Morgan fingerprint density at radius 3 is 2.84 bits per heavy atom. The SMILES string of the molecule is CN=C(NCc1nc(C(C)C)c(C)s1)NC1CCc2nc(C)nn2C1. The molecule has 7 nitrogen and oxygen atoms in total. The van der Waals surface area contributed by atoms with Crippen LogP contribution in [0.3, 0.4) is 0 Å².